The summed E-state index contributed by atoms with van der Waals surface area (Å²) in [5.41, 5.74) is 8.09. The minimum absolute atomic E-state index is 0.419. The van der Waals surface area contributed by atoms with E-state index < -0.39 is 5.60 Å². The summed E-state index contributed by atoms with van der Waals surface area (Å²) >= 11 is 3.42. The minimum atomic E-state index is -0.664. The third-order valence-corrected chi connectivity index (χ3v) is 3.34. The molecule has 1 aromatic rings. The van der Waals surface area contributed by atoms with Gasteiger partial charge in [0, 0.05) is 10.2 Å². The quantitative estimate of drug-likeness (QED) is 0.658. The Hall–Kier alpha value is -0.475. The van der Waals surface area contributed by atoms with Crippen LogP contribution in [0.5, 0.6) is 0 Å². The lowest BCUT2D eigenvalue weighted by Gasteiger charge is -2.18. The molecule has 0 aliphatic carbocycles. The van der Waals surface area contributed by atoms with Gasteiger partial charge in [-0.2, -0.15) is 0 Å². The summed E-state index contributed by atoms with van der Waals surface area (Å²) in [6.07, 6.45) is 1.86. The molecule has 1 aromatic carbocycles. The van der Waals surface area contributed by atoms with Crippen molar-refractivity contribution in [1.29, 1.82) is 0 Å². The van der Waals surface area contributed by atoms with Crippen molar-refractivity contribution in [1.82, 2.24) is 0 Å². The van der Waals surface area contributed by atoms with Crippen LogP contribution in [0.4, 0.5) is 5.69 Å². The molecule has 0 bridgehead atoms. The predicted molar refractivity (Wildman–Crippen MR) is 72.6 cm³/mol. The Kier molecular flexibility index (Phi) is 4.45. The number of halogens is 1. The van der Waals surface area contributed by atoms with Crippen LogP contribution in [0.1, 0.15) is 31.4 Å². The van der Waals surface area contributed by atoms with E-state index in [1.165, 1.54) is 0 Å². The fraction of sp³-hybridized carbons (Fsp3) is 0.500. The Morgan fingerprint density at radius 2 is 2.06 bits per heavy atom. The average Bonchev–Trinajstić information content (AvgIpc) is 2.16. The van der Waals surface area contributed by atoms with Gasteiger partial charge in [0.15, 0.2) is 0 Å². The summed E-state index contributed by atoms with van der Waals surface area (Å²) in [5.74, 6) is 0. The van der Waals surface area contributed by atoms with Gasteiger partial charge < -0.3 is 10.8 Å². The third kappa shape index (κ3) is 3.53. The van der Waals surface area contributed by atoms with Crippen LogP contribution in [-0.4, -0.2) is 18.6 Å². The Morgan fingerprint density at radius 3 is 2.56 bits per heavy atom. The van der Waals surface area contributed by atoms with E-state index in [1.807, 2.05) is 12.1 Å². The van der Waals surface area contributed by atoms with Crippen LogP contribution in [0.2, 0.25) is 0 Å². The first-order chi connectivity index (χ1) is 7.35. The van der Waals surface area contributed by atoms with E-state index in [9.17, 15) is 5.11 Å². The second-order valence-corrected chi connectivity index (χ2v) is 5.47. The van der Waals surface area contributed by atoms with E-state index in [0.29, 0.717) is 12.7 Å². The van der Waals surface area contributed by atoms with Crippen molar-refractivity contribution in [3.05, 3.63) is 27.7 Å². The maximum absolute atomic E-state index is 9.68. The molecule has 0 unspecified atom stereocenters. The number of aryl methyl sites for hydroxylation is 1. The van der Waals surface area contributed by atoms with Crippen LogP contribution >= 0.6 is 15.9 Å². The number of rotatable bonds is 4. The largest absolute Gasteiger partial charge is 0.398 e. The lowest BCUT2D eigenvalue weighted by Crippen LogP contribution is -2.19. The Morgan fingerprint density at radius 1 is 1.44 bits per heavy atom. The van der Waals surface area contributed by atoms with Crippen molar-refractivity contribution in [3.8, 4) is 0 Å². The minimum Gasteiger partial charge on any atom is -0.398 e. The van der Waals surface area contributed by atoms with Crippen molar-refractivity contribution in [2.24, 2.45) is 0 Å². The van der Waals surface area contributed by atoms with Crippen LogP contribution in [0.15, 0.2) is 16.6 Å². The van der Waals surface area contributed by atoms with Crippen molar-refractivity contribution in [2.45, 2.75) is 38.6 Å². The molecule has 0 fully saturated rings. The van der Waals surface area contributed by atoms with Crippen molar-refractivity contribution < 1.29 is 5.11 Å². The molecule has 16 heavy (non-hydrogen) atoms. The van der Waals surface area contributed by atoms with E-state index in [4.69, 9.17) is 13.6 Å². The van der Waals surface area contributed by atoms with Gasteiger partial charge in [0.05, 0.1) is 13.4 Å². The number of hydrogen-bond donors (Lipinski definition) is 2. The van der Waals surface area contributed by atoms with Crippen LogP contribution in [0.3, 0.4) is 0 Å². The van der Waals surface area contributed by atoms with Crippen molar-refractivity contribution in [2.75, 3.05) is 5.73 Å². The highest BCUT2D eigenvalue weighted by Gasteiger charge is 2.14. The second-order valence-electron chi connectivity index (χ2n) is 4.62. The van der Waals surface area contributed by atoms with E-state index >= 15 is 0 Å². The van der Waals surface area contributed by atoms with Gasteiger partial charge in [0.2, 0.25) is 0 Å². The number of benzene rings is 1. The first-order valence-corrected chi connectivity index (χ1v) is 6.12. The highest BCUT2D eigenvalue weighted by molar-refractivity contribution is 9.10. The zero-order valence-corrected chi connectivity index (χ0v) is 11.3. The molecule has 0 aromatic heterocycles. The van der Waals surface area contributed by atoms with E-state index in [2.05, 4.69) is 15.9 Å². The molecule has 0 amide bonds. The Labute approximate surface area is 107 Å². The molecule has 0 aliphatic heterocycles. The summed E-state index contributed by atoms with van der Waals surface area (Å²) in [6, 6.07) is 3.93. The molecule has 1 rings (SSSR count). The van der Waals surface area contributed by atoms with Crippen LogP contribution in [0.25, 0.3) is 0 Å². The first-order valence-electron chi connectivity index (χ1n) is 5.33. The van der Waals surface area contributed by atoms with Gasteiger partial charge in [-0.25, -0.2) is 0 Å². The zero-order valence-electron chi connectivity index (χ0n) is 9.76. The van der Waals surface area contributed by atoms with Gasteiger partial charge >= 0.3 is 0 Å². The number of nitrogens with two attached hydrogens (primary N) is 1. The van der Waals surface area contributed by atoms with Gasteiger partial charge in [0.25, 0.3) is 0 Å². The fourth-order valence-corrected chi connectivity index (χ4v) is 2.06. The molecule has 0 spiro atoms. The normalized spacial score (nSPS) is 11.8. The van der Waals surface area contributed by atoms with Gasteiger partial charge in [-0.1, -0.05) is 28.3 Å². The topological polar surface area (TPSA) is 46.2 Å². The lowest BCUT2D eigenvalue weighted by molar-refractivity contribution is 0.0714. The Bertz CT molecular complexity index is 374. The molecule has 2 radical (unpaired) electrons. The molecule has 4 heteroatoms. The van der Waals surface area contributed by atoms with Crippen LogP contribution < -0.4 is 5.73 Å². The molecular weight excluding hydrogens is 265 g/mol. The number of hydrogen-bond acceptors (Lipinski definition) is 2. The summed E-state index contributed by atoms with van der Waals surface area (Å²) < 4.78 is 0.944. The van der Waals surface area contributed by atoms with E-state index in [1.54, 1.807) is 13.8 Å². The summed E-state index contributed by atoms with van der Waals surface area (Å²) in [4.78, 5) is 0. The maximum atomic E-state index is 9.68. The summed E-state index contributed by atoms with van der Waals surface area (Å²) in [5, 5.41) is 9.68. The van der Waals surface area contributed by atoms with Crippen molar-refractivity contribution in [3.63, 3.8) is 0 Å². The molecule has 0 saturated heterocycles. The van der Waals surface area contributed by atoms with Crippen molar-refractivity contribution >= 4 is 29.5 Å². The van der Waals surface area contributed by atoms with Crippen LogP contribution in [-0.2, 0) is 12.7 Å². The average molecular weight is 282 g/mol. The highest BCUT2D eigenvalue weighted by Crippen LogP contribution is 2.28. The third-order valence-electron chi connectivity index (χ3n) is 2.60. The highest BCUT2D eigenvalue weighted by atomic mass is 79.9. The molecule has 0 atom stereocenters. The monoisotopic (exact) mass is 281 g/mol. The fourth-order valence-electron chi connectivity index (χ4n) is 1.55. The molecule has 0 heterocycles. The molecule has 86 valence electrons. The summed E-state index contributed by atoms with van der Waals surface area (Å²) in [7, 11) is 5.64. The van der Waals surface area contributed by atoms with Crippen LogP contribution in [0, 0.1) is 0 Å². The predicted octanol–water partition coefficient (Wildman–Crippen LogP) is 2.40. The molecule has 3 N–H and O–H groups in total. The zero-order chi connectivity index (χ0) is 12.3. The molecule has 0 aliphatic rings. The van der Waals surface area contributed by atoms with Gasteiger partial charge in [0.1, 0.15) is 0 Å². The van der Waals surface area contributed by atoms with Gasteiger partial charge in [-0.15, -0.1) is 0 Å². The number of aliphatic hydroxyl groups is 1. The van der Waals surface area contributed by atoms with Gasteiger partial charge in [-0.05, 0) is 43.9 Å². The van der Waals surface area contributed by atoms with E-state index in [0.717, 1.165) is 27.7 Å². The standard InChI is InChI=1S/C12H17BBrNO/c1-12(2,16)6-5-8-3-4-10(14)9(7-13)11(8)15/h3-4,16H,5-7,15H2,1-2H3. The number of nitrogen functional groups attached to an aromatic ring is 1. The lowest BCUT2D eigenvalue weighted by atomic mass is 9.91. The maximum Gasteiger partial charge on any atom is 0.0718 e. The SMILES string of the molecule is [B]Cc1c(Br)ccc(CCC(C)(C)O)c1N. The second kappa shape index (κ2) is 5.24. The summed E-state index contributed by atoms with van der Waals surface area (Å²) in [6.45, 7) is 3.60. The van der Waals surface area contributed by atoms with Gasteiger partial charge in [-0.3, -0.25) is 0 Å². The molecule has 0 saturated carbocycles. The van der Waals surface area contributed by atoms with E-state index in [-0.39, 0.29) is 0 Å². The smallest absolute Gasteiger partial charge is 0.0718 e. The first kappa shape index (κ1) is 13.6. The Balaban J connectivity index is 2.90. The molecular formula is C12H17BBrNO. The molecule has 2 nitrogen and oxygen atoms in total. The number of anilines is 1.